The Bertz CT molecular complexity index is 1350. The third kappa shape index (κ3) is 3.76. The molecule has 7 heteroatoms. The van der Waals surface area contributed by atoms with Crippen molar-refractivity contribution in [1.82, 2.24) is 19.4 Å². The predicted octanol–water partition coefficient (Wildman–Crippen LogP) is 4.46. The molecule has 7 nitrogen and oxygen atoms in total. The van der Waals surface area contributed by atoms with Crippen LogP contribution >= 0.6 is 0 Å². The highest BCUT2D eigenvalue weighted by Crippen LogP contribution is 2.48. The summed E-state index contributed by atoms with van der Waals surface area (Å²) in [5.41, 5.74) is 3.78. The Morgan fingerprint density at radius 1 is 1.11 bits per heavy atom. The molecule has 2 unspecified atom stereocenters. The molecule has 1 aromatic heterocycles. The first-order valence-electron chi connectivity index (χ1n) is 13.3. The maximum absolute atomic E-state index is 13.8. The summed E-state index contributed by atoms with van der Waals surface area (Å²) in [5.74, 6) is 1.41. The van der Waals surface area contributed by atoms with E-state index in [4.69, 9.17) is 4.74 Å². The lowest BCUT2D eigenvalue weighted by Gasteiger charge is -2.37. The van der Waals surface area contributed by atoms with Crippen molar-refractivity contribution >= 4 is 16.9 Å². The number of carbonyl (C=O) groups is 1. The number of fused-ring (bicyclic) bond motifs is 3. The standard InChI is InChI=1S/C29H36N4O3/c1-19(2)29(17-26-32(27(29)34)18-21-16-20(3)8-9-25(21)36-26)12-15-31-13-10-22(11-14-31)33-24-7-5-4-6-23(24)30-28(33)35/h4-9,16,19,22,26H,10-15,17-18H2,1-3H3,(H,30,35). The van der Waals surface area contributed by atoms with Gasteiger partial charge in [0.15, 0.2) is 6.23 Å². The fraction of sp³-hybridized carbons (Fsp3) is 0.517. The molecule has 6 rings (SSSR count). The molecule has 4 heterocycles. The molecular weight excluding hydrogens is 452 g/mol. The van der Waals surface area contributed by atoms with Crippen molar-refractivity contribution in [2.75, 3.05) is 19.6 Å². The van der Waals surface area contributed by atoms with Crippen LogP contribution in [0.3, 0.4) is 0 Å². The van der Waals surface area contributed by atoms with E-state index < -0.39 is 5.41 Å². The zero-order chi connectivity index (χ0) is 25.0. The van der Waals surface area contributed by atoms with E-state index in [9.17, 15) is 9.59 Å². The molecule has 36 heavy (non-hydrogen) atoms. The van der Waals surface area contributed by atoms with E-state index >= 15 is 0 Å². The average Bonchev–Trinajstić information content (AvgIpc) is 3.35. The van der Waals surface area contributed by atoms with Crippen LogP contribution in [0.25, 0.3) is 11.0 Å². The van der Waals surface area contributed by atoms with E-state index in [1.54, 1.807) is 0 Å². The van der Waals surface area contributed by atoms with Gasteiger partial charge in [-0.25, -0.2) is 4.79 Å². The lowest BCUT2D eigenvalue weighted by Crippen LogP contribution is -2.44. The van der Waals surface area contributed by atoms with Crippen LogP contribution in [-0.2, 0) is 11.3 Å². The number of aryl methyl sites for hydroxylation is 1. The molecule has 0 spiro atoms. The van der Waals surface area contributed by atoms with Crippen molar-refractivity contribution in [3.8, 4) is 5.75 Å². The van der Waals surface area contributed by atoms with Crippen LogP contribution in [0, 0.1) is 18.3 Å². The molecule has 0 bridgehead atoms. The molecule has 2 atom stereocenters. The van der Waals surface area contributed by atoms with Crippen molar-refractivity contribution in [2.24, 2.45) is 11.3 Å². The first-order chi connectivity index (χ1) is 17.4. The fourth-order valence-electron chi connectivity index (χ4n) is 6.66. The molecule has 3 aliphatic rings. The maximum Gasteiger partial charge on any atom is 0.326 e. The van der Waals surface area contributed by atoms with Crippen LogP contribution in [0.2, 0.25) is 0 Å². The number of H-pyrrole nitrogens is 1. The molecule has 0 radical (unpaired) electrons. The summed E-state index contributed by atoms with van der Waals surface area (Å²) in [7, 11) is 0. The number of amides is 1. The molecular formula is C29H36N4O3. The first-order valence-corrected chi connectivity index (χ1v) is 13.3. The van der Waals surface area contributed by atoms with Crippen LogP contribution in [0.5, 0.6) is 5.75 Å². The van der Waals surface area contributed by atoms with Crippen LogP contribution in [-0.4, -0.2) is 51.1 Å². The van der Waals surface area contributed by atoms with Crippen molar-refractivity contribution in [3.63, 3.8) is 0 Å². The minimum Gasteiger partial charge on any atom is -0.470 e. The molecule has 3 aromatic rings. The lowest BCUT2D eigenvalue weighted by molar-refractivity contribution is -0.142. The zero-order valence-electron chi connectivity index (χ0n) is 21.5. The Morgan fingerprint density at radius 3 is 2.67 bits per heavy atom. The highest BCUT2D eigenvalue weighted by atomic mass is 16.5. The van der Waals surface area contributed by atoms with Gasteiger partial charge in [-0.3, -0.25) is 9.36 Å². The molecule has 2 aromatic carbocycles. The molecule has 2 fully saturated rings. The largest absolute Gasteiger partial charge is 0.470 e. The van der Waals surface area contributed by atoms with E-state index in [2.05, 4.69) is 42.8 Å². The van der Waals surface area contributed by atoms with Gasteiger partial charge in [-0.2, -0.15) is 0 Å². The zero-order valence-corrected chi connectivity index (χ0v) is 21.5. The number of ether oxygens (including phenoxy) is 1. The molecule has 3 aliphatic heterocycles. The summed E-state index contributed by atoms with van der Waals surface area (Å²) >= 11 is 0. The maximum atomic E-state index is 13.8. The Hall–Kier alpha value is -3.06. The number of aromatic nitrogens is 2. The normalized spacial score (nSPS) is 24.8. The van der Waals surface area contributed by atoms with Crippen molar-refractivity contribution in [3.05, 3.63) is 64.1 Å². The van der Waals surface area contributed by atoms with Gasteiger partial charge in [0.05, 0.1) is 23.0 Å². The summed E-state index contributed by atoms with van der Waals surface area (Å²) in [5, 5.41) is 0. The second kappa shape index (κ2) is 8.80. The van der Waals surface area contributed by atoms with E-state index in [0.29, 0.717) is 6.54 Å². The van der Waals surface area contributed by atoms with Crippen molar-refractivity contribution in [1.29, 1.82) is 0 Å². The molecule has 2 saturated heterocycles. The van der Waals surface area contributed by atoms with Gasteiger partial charge in [-0.15, -0.1) is 0 Å². The number of rotatable bonds is 5. The number of likely N-dealkylation sites (tertiary alicyclic amines) is 1. The number of nitrogens with one attached hydrogen (secondary N) is 1. The number of hydrogen-bond acceptors (Lipinski definition) is 4. The molecule has 190 valence electrons. The summed E-state index contributed by atoms with van der Waals surface area (Å²) in [6, 6.07) is 14.4. The van der Waals surface area contributed by atoms with E-state index in [1.807, 2.05) is 39.8 Å². The van der Waals surface area contributed by atoms with E-state index in [0.717, 1.165) is 67.7 Å². The predicted molar refractivity (Wildman–Crippen MR) is 140 cm³/mol. The highest BCUT2D eigenvalue weighted by Gasteiger charge is 2.55. The van der Waals surface area contributed by atoms with Gasteiger partial charge in [-0.1, -0.05) is 43.7 Å². The number of nitrogens with zero attached hydrogens (tertiary/aromatic N) is 3. The monoisotopic (exact) mass is 488 g/mol. The van der Waals surface area contributed by atoms with E-state index in [1.165, 1.54) is 5.56 Å². The summed E-state index contributed by atoms with van der Waals surface area (Å²) in [6.07, 6.45) is 3.30. The fourth-order valence-corrected chi connectivity index (χ4v) is 6.66. The third-order valence-electron chi connectivity index (χ3n) is 8.92. The van der Waals surface area contributed by atoms with Crippen LogP contribution < -0.4 is 10.4 Å². The Kier molecular flexibility index (Phi) is 5.71. The van der Waals surface area contributed by atoms with Gasteiger partial charge >= 0.3 is 5.69 Å². The van der Waals surface area contributed by atoms with Crippen molar-refractivity contribution < 1.29 is 9.53 Å². The van der Waals surface area contributed by atoms with Crippen LogP contribution in [0.1, 0.15) is 56.7 Å². The number of imidazole rings is 1. The van der Waals surface area contributed by atoms with Gasteiger partial charge < -0.3 is 19.5 Å². The van der Waals surface area contributed by atoms with Crippen LogP contribution in [0.15, 0.2) is 47.3 Å². The van der Waals surface area contributed by atoms with Gasteiger partial charge in [0, 0.05) is 31.1 Å². The van der Waals surface area contributed by atoms with E-state index in [-0.39, 0.29) is 29.8 Å². The minimum absolute atomic E-state index is 0.0159. The topological polar surface area (TPSA) is 70.6 Å². The SMILES string of the molecule is Cc1ccc2c(c1)CN1C(=O)C(CCN3CCC(n4c(=O)[nH]c5ccccc54)CC3)(C(C)C)CC1O2. The minimum atomic E-state index is -0.396. The highest BCUT2D eigenvalue weighted by molar-refractivity contribution is 5.86. The smallest absolute Gasteiger partial charge is 0.326 e. The Labute approximate surface area is 212 Å². The second-order valence-electron chi connectivity index (χ2n) is 11.3. The average molecular weight is 489 g/mol. The first kappa shape index (κ1) is 23.3. The number of aromatic amines is 1. The van der Waals surface area contributed by atoms with Gasteiger partial charge in [0.2, 0.25) is 5.91 Å². The lowest BCUT2D eigenvalue weighted by atomic mass is 9.72. The molecule has 0 aliphatic carbocycles. The summed E-state index contributed by atoms with van der Waals surface area (Å²) < 4.78 is 8.28. The van der Waals surface area contributed by atoms with Gasteiger partial charge in [0.1, 0.15) is 5.75 Å². The molecule has 1 N–H and O–H groups in total. The number of para-hydroxylation sites is 2. The van der Waals surface area contributed by atoms with Gasteiger partial charge in [-0.05, 0) is 56.8 Å². The summed E-state index contributed by atoms with van der Waals surface area (Å²) in [4.78, 5) is 33.9. The van der Waals surface area contributed by atoms with Crippen molar-refractivity contribution in [2.45, 2.75) is 65.3 Å². The number of hydrogen-bond donors (Lipinski definition) is 1. The quantitative estimate of drug-likeness (QED) is 0.576. The van der Waals surface area contributed by atoms with Gasteiger partial charge in [0.25, 0.3) is 0 Å². The second-order valence-corrected chi connectivity index (χ2v) is 11.3. The number of carbonyl (C=O) groups excluding carboxylic acids is 1. The molecule has 0 saturated carbocycles. The Balaban J connectivity index is 1.13. The third-order valence-corrected chi connectivity index (χ3v) is 8.92. The Morgan fingerprint density at radius 2 is 1.89 bits per heavy atom. The number of benzene rings is 2. The van der Waals surface area contributed by atoms with Crippen LogP contribution in [0.4, 0.5) is 0 Å². The summed E-state index contributed by atoms with van der Waals surface area (Å²) in [6.45, 7) is 9.85. The number of piperidine rings is 1. The molecule has 1 amide bonds.